The van der Waals surface area contributed by atoms with Crippen molar-refractivity contribution in [1.82, 2.24) is 4.98 Å². The molecule has 0 fully saturated rings. The number of aliphatic hydroxyl groups excluding tert-OH is 2. The van der Waals surface area contributed by atoms with Gasteiger partial charge in [0.2, 0.25) is 5.88 Å². The fourth-order valence-corrected chi connectivity index (χ4v) is 1.59. The van der Waals surface area contributed by atoms with Crippen LogP contribution in [0.25, 0.3) is 0 Å². The van der Waals surface area contributed by atoms with Gasteiger partial charge in [-0.1, -0.05) is 18.2 Å². The molecule has 0 spiro atoms. The van der Waals surface area contributed by atoms with E-state index in [1.165, 1.54) is 0 Å². The summed E-state index contributed by atoms with van der Waals surface area (Å²) in [4.78, 5) is 4.08. The third-order valence-electron chi connectivity index (χ3n) is 2.60. The lowest BCUT2D eigenvalue weighted by Gasteiger charge is -2.10. The fourth-order valence-electron chi connectivity index (χ4n) is 1.59. The predicted octanol–water partition coefficient (Wildman–Crippen LogP) is 2.42. The van der Waals surface area contributed by atoms with E-state index in [0.29, 0.717) is 17.2 Å². The van der Waals surface area contributed by atoms with Gasteiger partial charge in [-0.15, -0.1) is 0 Å². The van der Waals surface area contributed by atoms with Crippen molar-refractivity contribution in [2.75, 3.05) is 0 Å². The maximum absolute atomic E-state index is 9.49. The van der Waals surface area contributed by atoms with Crippen LogP contribution in [0.3, 0.4) is 0 Å². The van der Waals surface area contributed by atoms with Crippen LogP contribution in [-0.4, -0.2) is 15.2 Å². The van der Waals surface area contributed by atoms with Crippen LogP contribution < -0.4 is 4.74 Å². The molecule has 0 aliphatic carbocycles. The summed E-state index contributed by atoms with van der Waals surface area (Å²) >= 11 is 0. The maximum Gasteiger partial charge on any atom is 0.219 e. The summed E-state index contributed by atoms with van der Waals surface area (Å²) in [6.45, 7) is 1.59. The standard InChI is InChI=1S/C14H15NO3/c1-10(17)11-6-7-15-14(8-11)18-13-5-3-2-4-12(13)9-16/h2-8,10,16-17H,9H2,1H3. The summed E-state index contributed by atoms with van der Waals surface area (Å²) in [7, 11) is 0. The minimum absolute atomic E-state index is 0.0910. The van der Waals surface area contributed by atoms with Crippen molar-refractivity contribution in [1.29, 1.82) is 0 Å². The first-order chi connectivity index (χ1) is 8.70. The Morgan fingerprint density at radius 3 is 2.78 bits per heavy atom. The highest BCUT2D eigenvalue weighted by molar-refractivity contribution is 5.36. The van der Waals surface area contributed by atoms with Crippen LogP contribution in [0.5, 0.6) is 11.6 Å². The Labute approximate surface area is 106 Å². The molecule has 1 atom stereocenters. The van der Waals surface area contributed by atoms with Gasteiger partial charge in [0, 0.05) is 17.8 Å². The van der Waals surface area contributed by atoms with Crippen LogP contribution >= 0.6 is 0 Å². The first kappa shape index (κ1) is 12.5. The summed E-state index contributed by atoms with van der Waals surface area (Å²) in [5.41, 5.74) is 1.43. The summed E-state index contributed by atoms with van der Waals surface area (Å²) in [6.07, 6.45) is 1.02. The van der Waals surface area contributed by atoms with Gasteiger partial charge in [-0.25, -0.2) is 4.98 Å². The average molecular weight is 245 g/mol. The van der Waals surface area contributed by atoms with E-state index in [-0.39, 0.29) is 6.61 Å². The van der Waals surface area contributed by atoms with Gasteiger partial charge in [-0.3, -0.25) is 0 Å². The molecule has 0 aliphatic rings. The van der Waals surface area contributed by atoms with Crippen molar-refractivity contribution < 1.29 is 14.9 Å². The number of aromatic nitrogens is 1. The fraction of sp³-hybridized carbons (Fsp3) is 0.214. The number of rotatable bonds is 4. The number of hydrogen-bond acceptors (Lipinski definition) is 4. The van der Waals surface area contributed by atoms with Crippen LogP contribution in [-0.2, 0) is 6.61 Å². The van der Waals surface area contributed by atoms with Crippen LogP contribution in [0.4, 0.5) is 0 Å². The molecule has 2 aromatic rings. The molecule has 1 heterocycles. The normalized spacial score (nSPS) is 12.2. The second kappa shape index (κ2) is 5.62. The van der Waals surface area contributed by atoms with Gasteiger partial charge in [-0.05, 0) is 24.6 Å². The quantitative estimate of drug-likeness (QED) is 0.868. The van der Waals surface area contributed by atoms with Gasteiger partial charge >= 0.3 is 0 Å². The maximum atomic E-state index is 9.49. The van der Waals surface area contributed by atoms with E-state index in [9.17, 15) is 10.2 Å². The molecule has 2 rings (SSSR count). The van der Waals surface area contributed by atoms with Crippen molar-refractivity contribution in [3.05, 3.63) is 53.7 Å². The zero-order valence-electron chi connectivity index (χ0n) is 10.1. The lowest BCUT2D eigenvalue weighted by Crippen LogP contribution is -1.96. The second-order valence-corrected chi connectivity index (χ2v) is 3.97. The predicted molar refractivity (Wildman–Crippen MR) is 67.3 cm³/mol. The third kappa shape index (κ3) is 2.85. The number of pyridine rings is 1. The molecular weight excluding hydrogens is 230 g/mol. The smallest absolute Gasteiger partial charge is 0.219 e. The van der Waals surface area contributed by atoms with Crippen molar-refractivity contribution in [3.8, 4) is 11.6 Å². The molecular formula is C14H15NO3. The number of para-hydroxylation sites is 1. The van der Waals surface area contributed by atoms with E-state index >= 15 is 0 Å². The topological polar surface area (TPSA) is 62.6 Å². The molecule has 0 saturated heterocycles. The highest BCUT2D eigenvalue weighted by Gasteiger charge is 2.06. The Kier molecular flexibility index (Phi) is 3.92. The van der Waals surface area contributed by atoms with Crippen LogP contribution in [0.2, 0.25) is 0 Å². The van der Waals surface area contributed by atoms with Gasteiger partial charge in [-0.2, -0.15) is 0 Å². The Bertz CT molecular complexity index is 526. The van der Waals surface area contributed by atoms with Crippen LogP contribution in [0.1, 0.15) is 24.2 Å². The van der Waals surface area contributed by atoms with Crippen molar-refractivity contribution in [2.45, 2.75) is 19.6 Å². The Morgan fingerprint density at radius 1 is 1.28 bits per heavy atom. The molecule has 0 radical (unpaired) electrons. The largest absolute Gasteiger partial charge is 0.439 e. The van der Waals surface area contributed by atoms with Crippen LogP contribution in [0.15, 0.2) is 42.6 Å². The van der Waals surface area contributed by atoms with Crippen molar-refractivity contribution in [2.24, 2.45) is 0 Å². The lowest BCUT2D eigenvalue weighted by atomic mass is 10.2. The molecule has 1 unspecified atom stereocenters. The zero-order valence-corrected chi connectivity index (χ0v) is 10.1. The number of hydrogen-bond donors (Lipinski definition) is 2. The summed E-state index contributed by atoms with van der Waals surface area (Å²) in [5, 5.41) is 18.7. The number of ether oxygens (including phenoxy) is 1. The Hall–Kier alpha value is -1.91. The molecule has 4 heteroatoms. The van der Waals surface area contributed by atoms with E-state index < -0.39 is 6.10 Å². The molecule has 0 amide bonds. The number of aliphatic hydroxyl groups is 2. The first-order valence-electron chi connectivity index (χ1n) is 5.71. The average Bonchev–Trinajstić information content (AvgIpc) is 2.39. The zero-order chi connectivity index (χ0) is 13.0. The summed E-state index contributed by atoms with van der Waals surface area (Å²) in [6, 6.07) is 10.6. The van der Waals surface area contributed by atoms with E-state index in [0.717, 1.165) is 5.56 Å². The Morgan fingerprint density at radius 2 is 2.06 bits per heavy atom. The van der Waals surface area contributed by atoms with E-state index in [1.807, 2.05) is 12.1 Å². The first-order valence-corrected chi connectivity index (χ1v) is 5.71. The minimum Gasteiger partial charge on any atom is -0.439 e. The molecule has 0 saturated carbocycles. The SMILES string of the molecule is CC(O)c1ccnc(Oc2ccccc2CO)c1. The molecule has 18 heavy (non-hydrogen) atoms. The molecule has 4 nitrogen and oxygen atoms in total. The molecule has 1 aromatic heterocycles. The van der Waals surface area contributed by atoms with Crippen molar-refractivity contribution in [3.63, 3.8) is 0 Å². The molecule has 1 aromatic carbocycles. The molecule has 0 bridgehead atoms. The van der Waals surface area contributed by atoms with E-state index in [1.54, 1.807) is 37.4 Å². The van der Waals surface area contributed by atoms with E-state index in [4.69, 9.17) is 4.74 Å². The minimum atomic E-state index is -0.566. The van der Waals surface area contributed by atoms with Gasteiger partial charge in [0.25, 0.3) is 0 Å². The second-order valence-electron chi connectivity index (χ2n) is 3.97. The summed E-state index contributed by atoms with van der Waals surface area (Å²) < 4.78 is 5.61. The molecule has 0 aliphatic heterocycles. The van der Waals surface area contributed by atoms with Gasteiger partial charge in [0.05, 0.1) is 12.7 Å². The molecule has 2 N–H and O–H groups in total. The Balaban J connectivity index is 2.25. The summed E-state index contributed by atoms with van der Waals surface area (Å²) in [5.74, 6) is 0.963. The third-order valence-corrected chi connectivity index (χ3v) is 2.60. The number of nitrogens with zero attached hydrogens (tertiary/aromatic N) is 1. The monoisotopic (exact) mass is 245 g/mol. The van der Waals surface area contributed by atoms with Crippen molar-refractivity contribution >= 4 is 0 Å². The van der Waals surface area contributed by atoms with Gasteiger partial charge in [0.1, 0.15) is 5.75 Å². The van der Waals surface area contributed by atoms with Gasteiger partial charge in [0.15, 0.2) is 0 Å². The highest BCUT2D eigenvalue weighted by Crippen LogP contribution is 2.25. The van der Waals surface area contributed by atoms with Crippen LogP contribution in [0, 0.1) is 0 Å². The van der Waals surface area contributed by atoms with Gasteiger partial charge < -0.3 is 14.9 Å². The number of benzene rings is 1. The highest BCUT2D eigenvalue weighted by atomic mass is 16.5. The lowest BCUT2D eigenvalue weighted by molar-refractivity contribution is 0.198. The molecule has 94 valence electrons. The van der Waals surface area contributed by atoms with E-state index in [2.05, 4.69) is 4.98 Å².